The van der Waals surface area contributed by atoms with E-state index in [2.05, 4.69) is 10.2 Å². The van der Waals surface area contributed by atoms with Gasteiger partial charge in [-0.15, -0.1) is 0 Å². The number of likely N-dealkylation sites (tertiary alicyclic amines) is 1. The summed E-state index contributed by atoms with van der Waals surface area (Å²) in [5.41, 5.74) is 1.07. The molecule has 6 nitrogen and oxygen atoms in total. The Bertz CT molecular complexity index is 683. The molecule has 3 fully saturated rings. The lowest BCUT2D eigenvalue weighted by atomic mass is 9.82. The van der Waals surface area contributed by atoms with Gasteiger partial charge in [-0.2, -0.15) is 0 Å². The lowest BCUT2D eigenvalue weighted by Crippen LogP contribution is -2.67. The van der Waals surface area contributed by atoms with Gasteiger partial charge in [0.25, 0.3) is 0 Å². The number of amides is 1. The summed E-state index contributed by atoms with van der Waals surface area (Å²) < 4.78 is 5.18. The molecule has 2 unspecified atom stereocenters. The zero-order valence-corrected chi connectivity index (χ0v) is 16.2. The number of piperazine rings is 1. The van der Waals surface area contributed by atoms with E-state index in [4.69, 9.17) is 9.73 Å². The molecule has 3 heterocycles. The van der Waals surface area contributed by atoms with E-state index in [9.17, 15) is 4.79 Å². The number of ether oxygens (including phenoxy) is 1. The first-order valence-corrected chi connectivity index (χ1v) is 10.1. The first kappa shape index (κ1) is 18.4. The first-order chi connectivity index (χ1) is 13.2. The molecule has 27 heavy (non-hydrogen) atoms. The van der Waals surface area contributed by atoms with E-state index in [1.54, 1.807) is 7.11 Å². The number of hydrogen-bond acceptors (Lipinski definition) is 4. The third-order valence-electron chi connectivity index (χ3n) is 6.28. The predicted octanol–water partition coefficient (Wildman–Crippen LogP) is 1.31. The molecule has 146 valence electrons. The second-order valence-electron chi connectivity index (χ2n) is 7.87. The normalized spacial score (nSPS) is 27.7. The molecule has 0 aliphatic carbocycles. The maximum absolute atomic E-state index is 12.7. The second kappa shape index (κ2) is 7.98. The summed E-state index contributed by atoms with van der Waals surface area (Å²) in [4.78, 5) is 22.2. The van der Waals surface area contributed by atoms with E-state index in [0.717, 1.165) is 50.4 Å². The first-order valence-electron chi connectivity index (χ1n) is 10.1. The molecule has 4 rings (SSSR count). The van der Waals surface area contributed by atoms with Crippen molar-refractivity contribution in [2.24, 2.45) is 4.99 Å². The lowest BCUT2D eigenvalue weighted by Gasteiger charge is -2.50. The van der Waals surface area contributed by atoms with Crippen molar-refractivity contribution < 1.29 is 9.53 Å². The van der Waals surface area contributed by atoms with E-state index in [1.807, 2.05) is 35.2 Å². The van der Waals surface area contributed by atoms with Crippen LogP contribution >= 0.6 is 0 Å². The van der Waals surface area contributed by atoms with Gasteiger partial charge < -0.3 is 15.0 Å². The smallest absolute Gasteiger partial charge is 0.226 e. The van der Waals surface area contributed by atoms with Gasteiger partial charge in [-0.3, -0.25) is 14.7 Å². The molecule has 3 aliphatic heterocycles. The van der Waals surface area contributed by atoms with Crippen molar-refractivity contribution in [1.29, 1.82) is 0 Å². The van der Waals surface area contributed by atoms with Crippen LogP contribution in [-0.2, 0) is 16.0 Å². The summed E-state index contributed by atoms with van der Waals surface area (Å²) in [5, 5.41) is 3.70. The fraction of sp³-hybridized carbons (Fsp3) is 0.619. The van der Waals surface area contributed by atoms with Crippen LogP contribution in [0.2, 0.25) is 0 Å². The van der Waals surface area contributed by atoms with Crippen LogP contribution in [0.25, 0.3) is 0 Å². The van der Waals surface area contributed by atoms with Gasteiger partial charge in [0.2, 0.25) is 5.91 Å². The molecule has 2 bridgehead atoms. The molecule has 1 aromatic carbocycles. The van der Waals surface area contributed by atoms with Crippen LogP contribution in [0.3, 0.4) is 0 Å². The van der Waals surface area contributed by atoms with Crippen LogP contribution in [0.1, 0.15) is 24.8 Å². The van der Waals surface area contributed by atoms with Crippen molar-refractivity contribution >= 4 is 11.7 Å². The van der Waals surface area contributed by atoms with Gasteiger partial charge in [0.15, 0.2) is 0 Å². The minimum absolute atomic E-state index is 0.0235. The Kier molecular flexibility index (Phi) is 5.45. The lowest BCUT2D eigenvalue weighted by molar-refractivity contribution is -0.132. The Labute approximate surface area is 161 Å². The molecule has 1 amide bonds. The molecular formula is C21H30N4O2. The third-order valence-corrected chi connectivity index (χ3v) is 6.28. The highest BCUT2D eigenvalue weighted by Gasteiger charge is 2.51. The summed E-state index contributed by atoms with van der Waals surface area (Å²) in [5.74, 6) is 1.36. The Balaban J connectivity index is 1.43. The maximum Gasteiger partial charge on any atom is 0.226 e. The number of methoxy groups -OCH3 is 1. The van der Waals surface area contributed by atoms with E-state index >= 15 is 0 Å². The number of hydrogen-bond donors (Lipinski definition) is 1. The van der Waals surface area contributed by atoms with Crippen LogP contribution < -0.4 is 5.32 Å². The number of benzene rings is 1. The molecule has 2 atom stereocenters. The van der Waals surface area contributed by atoms with E-state index in [0.29, 0.717) is 25.6 Å². The van der Waals surface area contributed by atoms with Gasteiger partial charge in [-0.25, -0.2) is 0 Å². The van der Waals surface area contributed by atoms with Crippen molar-refractivity contribution in [3.8, 4) is 0 Å². The van der Waals surface area contributed by atoms with E-state index in [1.165, 1.54) is 6.42 Å². The van der Waals surface area contributed by atoms with Crippen molar-refractivity contribution in [1.82, 2.24) is 15.1 Å². The van der Waals surface area contributed by atoms with Gasteiger partial charge in [0, 0.05) is 39.3 Å². The van der Waals surface area contributed by atoms with Crippen LogP contribution in [0, 0.1) is 0 Å². The standard InChI is InChI=1S/C21H30N4O2/c1-27-14-10-22-20-21(25-11-7-18(16-25)23-20)8-12-24(13-9-21)19(26)15-17-5-3-2-4-6-17/h2-6,18H,7-16H2,1H3,(H,22,23). The molecule has 0 aromatic heterocycles. The number of carbonyl (C=O) groups is 1. The topological polar surface area (TPSA) is 57.2 Å². The number of fused-ring (bicyclic) bond motifs is 3. The van der Waals surface area contributed by atoms with E-state index in [-0.39, 0.29) is 11.4 Å². The number of nitrogens with zero attached hydrogens (tertiary/aromatic N) is 3. The quantitative estimate of drug-likeness (QED) is 0.794. The molecule has 0 radical (unpaired) electrons. The van der Waals surface area contributed by atoms with Gasteiger partial charge in [-0.1, -0.05) is 30.3 Å². The highest BCUT2D eigenvalue weighted by molar-refractivity contribution is 5.93. The fourth-order valence-corrected chi connectivity index (χ4v) is 4.75. The van der Waals surface area contributed by atoms with Gasteiger partial charge in [-0.05, 0) is 24.8 Å². The molecule has 1 N–H and O–H groups in total. The van der Waals surface area contributed by atoms with Crippen molar-refractivity contribution in [3.63, 3.8) is 0 Å². The average molecular weight is 370 g/mol. The zero-order chi connectivity index (χ0) is 18.7. The minimum Gasteiger partial charge on any atom is -0.383 e. The molecule has 3 saturated heterocycles. The number of carbonyl (C=O) groups excluding carboxylic acids is 1. The number of piperidine rings is 1. The number of aliphatic imine (C=N–C) groups is 1. The second-order valence-corrected chi connectivity index (χ2v) is 7.87. The van der Waals surface area contributed by atoms with E-state index < -0.39 is 0 Å². The van der Waals surface area contributed by atoms with Gasteiger partial charge >= 0.3 is 0 Å². The molecule has 6 heteroatoms. The largest absolute Gasteiger partial charge is 0.383 e. The number of amidine groups is 1. The van der Waals surface area contributed by atoms with Crippen LogP contribution in [-0.4, -0.2) is 79.6 Å². The Morgan fingerprint density at radius 3 is 2.78 bits per heavy atom. The summed E-state index contributed by atoms with van der Waals surface area (Å²) >= 11 is 0. The van der Waals surface area contributed by atoms with Crippen molar-refractivity contribution in [2.75, 3.05) is 46.4 Å². The molecule has 1 aromatic rings. The van der Waals surface area contributed by atoms with Crippen LogP contribution in [0.5, 0.6) is 0 Å². The SMILES string of the molecule is COCCN=C1NC2CCN(C2)C12CCN(C(=O)Cc1ccccc1)CC2. The maximum atomic E-state index is 12.7. The molecule has 3 aliphatic rings. The zero-order valence-electron chi connectivity index (χ0n) is 16.2. The summed E-state index contributed by atoms with van der Waals surface area (Å²) in [7, 11) is 1.72. The van der Waals surface area contributed by atoms with Gasteiger partial charge in [0.1, 0.15) is 5.84 Å². The molecule has 1 spiro atoms. The highest BCUT2D eigenvalue weighted by Crippen LogP contribution is 2.36. The van der Waals surface area contributed by atoms with Crippen LogP contribution in [0.15, 0.2) is 35.3 Å². The monoisotopic (exact) mass is 370 g/mol. The molecular weight excluding hydrogens is 340 g/mol. The highest BCUT2D eigenvalue weighted by atomic mass is 16.5. The summed E-state index contributed by atoms with van der Waals surface area (Å²) in [6.07, 6.45) is 3.59. The summed E-state index contributed by atoms with van der Waals surface area (Å²) in [6.45, 7) is 5.17. The Morgan fingerprint density at radius 1 is 1.26 bits per heavy atom. The van der Waals surface area contributed by atoms with Crippen molar-refractivity contribution in [2.45, 2.75) is 37.3 Å². The Hall–Kier alpha value is -1.92. The fourth-order valence-electron chi connectivity index (χ4n) is 4.75. The summed E-state index contributed by atoms with van der Waals surface area (Å²) in [6, 6.07) is 10.6. The average Bonchev–Trinajstić information content (AvgIpc) is 3.12. The minimum atomic E-state index is -0.0235. The number of rotatable bonds is 5. The Morgan fingerprint density at radius 2 is 2.04 bits per heavy atom. The third kappa shape index (κ3) is 3.73. The number of nitrogens with one attached hydrogen (secondary N) is 1. The van der Waals surface area contributed by atoms with Crippen LogP contribution in [0.4, 0.5) is 0 Å². The van der Waals surface area contributed by atoms with Gasteiger partial charge in [0.05, 0.1) is 25.1 Å². The molecule has 0 saturated carbocycles. The predicted molar refractivity (Wildman–Crippen MR) is 106 cm³/mol. The van der Waals surface area contributed by atoms with Crippen molar-refractivity contribution in [3.05, 3.63) is 35.9 Å².